The SMILES string of the molecule is Cc1cnc2c(C(=O)N[C@H]3CCc4ccc(S(=O)(=O)N5CCOCC5)cc43)cnn2c1. The summed E-state index contributed by atoms with van der Waals surface area (Å²) in [7, 11) is -3.59. The minimum atomic E-state index is -3.59. The molecule has 1 atom stereocenters. The summed E-state index contributed by atoms with van der Waals surface area (Å²) < 4.78 is 34.4. The van der Waals surface area contributed by atoms with Gasteiger partial charge in [0.25, 0.3) is 5.91 Å². The summed E-state index contributed by atoms with van der Waals surface area (Å²) in [5, 5.41) is 7.26. The predicted octanol–water partition coefficient (Wildman–Crippen LogP) is 1.48. The number of sulfonamides is 1. The minimum Gasteiger partial charge on any atom is -0.379 e. The molecule has 3 aromatic rings. The third kappa shape index (κ3) is 3.60. The number of carbonyl (C=O) groups is 1. The monoisotopic (exact) mass is 441 g/mol. The number of ether oxygens (including phenoxy) is 1. The Morgan fingerprint density at radius 2 is 2.03 bits per heavy atom. The summed E-state index contributed by atoms with van der Waals surface area (Å²) >= 11 is 0. The van der Waals surface area contributed by atoms with Crippen LogP contribution in [0.3, 0.4) is 0 Å². The number of rotatable bonds is 4. The third-order valence-corrected chi connectivity index (χ3v) is 7.73. The summed E-state index contributed by atoms with van der Waals surface area (Å²) in [5.41, 5.74) is 3.74. The number of carbonyl (C=O) groups excluding carboxylic acids is 1. The summed E-state index contributed by atoms with van der Waals surface area (Å²) in [5.74, 6) is -0.273. The Balaban J connectivity index is 1.41. The molecule has 1 aliphatic heterocycles. The molecule has 2 aromatic heterocycles. The number of nitrogens with one attached hydrogen (secondary N) is 1. The van der Waals surface area contributed by atoms with Crippen molar-refractivity contribution >= 4 is 21.6 Å². The molecule has 2 aliphatic rings. The van der Waals surface area contributed by atoms with Crippen LogP contribution in [0.5, 0.6) is 0 Å². The fraction of sp³-hybridized carbons (Fsp3) is 0.381. The quantitative estimate of drug-likeness (QED) is 0.657. The zero-order chi connectivity index (χ0) is 21.6. The molecule has 0 unspecified atom stereocenters. The summed E-state index contributed by atoms with van der Waals surface area (Å²) in [6, 6.07) is 4.96. The smallest absolute Gasteiger partial charge is 0.257 e. The second-order valence-electron chi connectivity index (χ2n) is 7.90. The maximum atomic E-state index is 13.0. The molecule has 0 bridgehead atoms. The number of benzene rings is 1. The number of aromatic nitrogens is 3. The molecule has 31 heavy (non-hydrogen) atoms. The second kappa shape index (κ2) is 7.70. The molecule has 1 aliphatic carbocycles. The molecule has 1 amide bonds. The van der Waals surface area contributed by atoms with Crippen LogP contribution in [0.1, 0.15) is 39.5 Å². The number of nitrogens with zero attached hydrogens (tertiary/aromatic N) is 4. The van der Waals surface area contributed by atoms with Crippen LogP contribution in [0.25, 0.3) is 5.65 Å². The first kappa shape index (κ1) is 20.1. The molecule has 1 fully saturated rings. The molecule has 1 aromatic carbocycles. The van der Waals surface area contributed by atoms with E-state index in [0.717, 1.165) is 23.1 Å². The van der Waals surface area contributed by atoms with Gasteiger partial charge >= 0.3 is 0 Å². The van der Waals surface area contributed by atoms with E-state index in [-0.39, 0.29) is 16.8 Å². The standard InChI is InChI=1S/C21H23N5O4S/c1-14-11-22-20-18(12-23-26(20)13-14)21(27)24-19-5-3-15-2-4-16(10-17(15)19)31(28,29)25-6-8-30-9-7-25/h2,4,10-13,19H,3,5-9H2,1H3,(H,24,27)/t19-/m0/s1. The van der Waals surface area contributed by atoms with Crippen LogP contribution in [0.2, 0.25) is 0 Å². The van der Waals surface area contributed by atoms with Crippen molar-refractivity contribution in [3.8, 4) is 0 Å². The Bertz CT molecular complexity index is 1260. The van der Waals surface area contributed by atoms with Crippen LogP contribution >= 0.6 is 0 Å². The van der Waals surface area contributed by atoms with Gasteiger partial charge in [-0.3, -0.25) is 4.79 Å². The van der Waals surface area contributed by atoms with Gasteiger partial charge in [0.1, 0.15) is 5.56 Å². The first-order chi connectivity index (χ1) is 14.9. The van der Waals surface area contributed by atoms with Crippen LogP contribution in [-0.2, 0) is 21.2 Å². The van der Waals surface area contributed by atoms with Crippen molar-refractivity contribution in [3.63, 3.8) is 0 Å². The highest BCUT2D eigenvalue weighted by atomic mass is 32.2. The fourth-order valence-corrected chi connectivity index (χ4v) is 5.63. The first-order valence-electron chi connectivity index (χ1n) is 10.2. The molecule has 162 valence electrons. The van der Waals surface area contributed by atoms with Crippen LogP contribution < -0.4 is 5.32 Å². The average molecular weight is 442 g/mol. The summed E-state index contributed by atoms with van der Waals surface area (Å²) in [6.45, 7) is 3.40. The van der Waals surface area contributed by atoms with Crippen molar-refractivity contribution in [1.82, 2.24) is 24.2 Å². The maximum absolute atomic E-state index is 13.0. The van der Waals surface area contributed by atoms with Gasteiger partial charge < -0.3 is 10.1 Å². The largest absolute Gasteiger partial charge is 0.379 e. The van der Waals surface area contributed by atoms with Crippen LogP contribution in [0.15, 0.2) is 41.7 Å². The van der Waals surface area contributed by atoms with Gasteiger partial charge in [-0.1, -0.05) is 6.07 Å². The van der Waals surface area contributed by atoms with Gasteiger partial charge in [0.05, 0.1) is 30.3 Å². The average Bonchev–Trinajstić information content (AvgIpc) is 3.37. The highest BCUT2D eigenvalue weighted by Gasteiger charge is 2.30. The lowest BCUT2D eigenvalue weighted by Crippen LogP contribution is -2.40. The molecule has 1 saturated heterocycles. The lowest BCUT2D eigenvalue weighted by molar-refractivity contribution is 0.0730. The Morgan fingerprint density at radius 1 is 1.23 bits per heavy atom. The lowest BCUT2D eigenvalue weighted by atomic mass is 10.1. The number of hydrogen-bond donors (Lipinski definition) is 1. The predicted molar refractivity (Wildman–Crippen MR) is 112 cm³/mol. The molecule has 10 heteroatoms. The van der Waals surface area contributed by atoms with Crippen molar-refractivity contribution in [1.29, 1.82) is 0 Å². The topological polar surface area (TPSA) is 106 Å². The lowest BCUT2D eigenvalue weighted by Gasteiger charge is -2.26. The molecule has 0 saturated carbocycles. The number of aryl methyl sites for hydroxylation is 2. The van der Waals surface area contributed by atoms with Crippen molar-refractivity contribution in [2.75, 3.05) is 26.3 Å². The van der Waals surface area contributed by atoms with Crippen LogP contribution in [0.4, 0.5) is 0 Å². The Kier molecular flexibility index (Phi) is 4.99. The molecule has 1 N–H and O–H groups in total. The summed E-state index contributed by atoms with van der Waals surface area (Å²) in [6.07, 6.45) is 6.51. The van der Waals surface area contributed by atoms with Crippen molar-refractivity contribution < 1.29 is 17.9 Å². The number of amides is 1. The third-order valence-electron chi connectivity index (χ3n) is 5.84. The van der Waals surface area contributed by atoms with E-state index in [0.29, 0.717) is 43.9 Å². The van der Waals surface area contributed by atoms with Gasteiger partial charge in [0, 0.05) is 25.5 Å². The van der Waals surface area contributed by atoms with Gasteiger partial charge in [-0.05, 0) is 48.6 Å². The van der Waals surface area contributed by atoms with Gasteiger partial charge in [0.2, 0.25) is 10.0 Å². The van der Waals surface area contributed by atoms with E-state index < -0.39 is 10.0 Å². The van der Waals surface area contributed by atoms with E-state index in [9.17, 15) is 13.2 Å². The van der Waals surface area contributed by atoms with Gasteiger partial charge in [-0.15, -0.1) is 0 Å². The molecule has 9 nitrogen and oxygen atoms in total. The number of fused-ring (bicyclic) bond motifs is 2. The second-order valence-corrected chi connectivity index (χ2v) is 9.84. The van der Waals surface area contributed by atoms with E-state index in [1.807, 2.05) is 19.2 Å². The first-order valence-corrected chi connectivity index (χ1v) is 11.7. The fourth-order valence-electron chi connectivity index (χ4n) is 4.19. The Labute approximate surface area is 180 Å². The Morgan fingerprint density at radius 3 is 2.84 bits per heavy atom. The molecule has 0 spiro atoms. The minimum absolute atomic E-state index is 0.252. The van der Waals surface area contributed by atoms with E-state index in [2.05, 4.69) is 15.4 Å². The zero-order valence-electron chi connectivity index (χ0n) is 17.1. The van der Waals surface area contributed by atoms with E-state index >= 15 is 0 Å². The van der Waals surface area contributed by atoms with Crippen molar-refractivity contribution in [2.24, 2.45) is 0 Å². The normalized spacial score (nSPS) is 19.5. The number of morpholine rings is 1. The van der Waals surface area contributed by atoms with Crippen LogP contribution in [-0.4, -0.2) is 59.5 Å². The molecular formula is C21H23N5O4S. The van der Waals surface area contributed by atoms with Gasteiger partial charge in [-0.25, -0.2) is 17.9 Å². The molecule has 3 heterocycles. The van der Waals surface area contributed by atoms with E-state index in [1.54, 1.807) is 22.8 Å². The van der Waals surface area contributed by atoms with Crippen molar-refractivity contribution in [2.45, 2.75) is 30.7 Å². The van der Waals surface area contributed by atoms with E-state index in [4.69, 9.17) is 4.74 Å². The van der Waals surface area contributed by atoms with Gasteiger partial charge in [-0.2, -0.15) is 9.40 Å². The molecular weight excluding hydrogens is 418 g/mol. The highest BCUT2D eigenvalue weighted by molar-refractivity contribution is 7.89. The number of hydrogen-bond acceptors (Lipinski definition) is 6. The molecule has 5 rings (SSSR count). The molecule has 0 radical (unpaired) electrons. The van der Waals surface area contributed by atoms with Crippen molar-refractivity contribution in [3.05, 3.63) is 59.0 Å². The summed E-state index contributed by atoms with van der Waals surface area (Å²) in [4.78, 5) is 17.5. The Hall–Kier alpha value is -2.82. The van der Waals surface area contributed by atoms with Gasteiger partial charge in [0.15, 0.2) is 5.65 Å². The van der Waals surface area contributed by atoms with E-state index in [1.165, 1.54) is 10.5 Å². The maximum Gasteiger partial charge on any atom is 0.257 e. The highest BCUT2D eigenvalue weighted by Crippen LogP contribution is 2.34. The van der Waals surface area contributed by atoms with Crippen LogP contribution in [0, 0.1) is 6.92 Å². The zero-order valence-corrected chi connectivity index (χ0v) is 17.9.